The largest absolute Gasteiger partial charge is 0.289 e. The van der Waals surface area contributed by atoms with E-state index in [0.29, 0.717) is 5.69 Å². The number of hydrogen-bond acceptors (Lipinski definition) is 5. The van der Waals surface area contributed by atoms with Gasteiger partial charge in [0, 0.05) is 18.2 Å². The molecule has 4 amide bonds. The highest BCUT2D eigenvalue weighted by Gasteiger charge is 2.66. The molecule has 0 radical (unpaired) electrons. The molecule has 7 rings (SSSR count). The summed E-state index contributed by atoms with van der Waals surface area (Å²) in [5.74, 6) is -2.24. The van der Waals surface area contributed by atoms with Gasteiger partial charge < -0.3 is 0 Å². The molecule has 2 heterocycles. The first-order chi connectivity index (χ1) is 60.7. The standard InChI is InChI=1S/C25H16N2O5.C15H16.H86P84/c1-13-5-3-4-6-20(13)27-24(31)17-10-8-15(12-19(17)25(27)32)21(28)14-7-9-16-18(11-14)23(30)26(2)22(16)29;1-12-3-7-14(8-4-12)11-15-9-5-13(2)6-10-15;1-44(2)65(43)76(66(45(3)4)46(5)6)81(75(63(39)40)64(41)42)84(82(77(67(47(7)8)48(9)10)68(49(11)12)50(13)14)78(69(51(15)16)52(17)18)70(53(19)20)54(21)22)83(79(71(55(23)24)56(25)26)72(57(27)28)58(29)30)80(73(59(31)32)60(33)34)74(61(35)36)62(37)38/h3-12H,1-2H3;3-10H,11H2,1-2H3;1-43H2. The summed E-state index contributed by atoms with van der Waals surface area (Å²) in [5, 5.41) is 0. The number of benzene rings is 5. The van der Waals surface area contributed by atoms with Crippen LogP contribution in [0.1, 0.15) is 85.2 Å². The van der Waals surface area contributed by atoms with Gasteiger partial charge in [0.25, 0.3) is 23.6 Å². The van der Waals surface area contributed by atoms with Crippen LogP contribution in [0.25, 0.3) is 0 Å². The van der Waals surface area contributed by atoms with E-state index < -0.39 is 99.3 Å². The van der Waals surface area contributed by atoms with Gasteiger partial charge in [-0.1, -0.05) is 90.0 Å². The summed E-state index contributed by atoms with van der Waals surface area (Å²) in [6, 6.07) is 33.3. The van der Waals surface area contributed by atoms with E-state index in [1.807, 2.05) is 19.1 Å². The lowest BCUT2D eigenvalue weighted by molar-refractivity contribution is 0.0691. The monoisotopic (exact) mass is 3310 g/mol. The number of fused-ring (bicyclic) bond motifs is 2. The first-order valence-electron chi connectivity index (χ1n) is 34.3. The van der Waals surface area contributed by atoms with E-state index in [0.717, 1.165) is 21.8 Å². The van der Waals surface area contributed by atoms with Gasteiger partial charge in [-0.2, -0.15) is 0 Å². The van der Waals surface area contributed by atoms with Crippen molar-refractivity contribution in [2.45, 2.75) is 27.2 Å². The first-order valence-corrected chi connectivity index (χ1v) is 187. The molecule has 5 aromatic rings. The molecular weight excluding hydrogens is 3190 g/mol. The minimum Gasteiger partial charge on any atom is -0.289 e. The van der Waals surface area contributed by atoms with Crippen LogP contribution in [0.15, 0.2) is 109 Å². The summed E-state index contributed by atoms with van der Waals surface area (Å²) in [6.07, 6.45) is 1.03. The molecule has 0 saturated carbocycles. The second kappa shape index (κ2) is 77.3. The van der Waals surface area contributed by atoms with Crippen LogP contribution in [0.5, 0.6) is 0 Å². The van der Waals surface area contributed by atoms with Crippen molar-refractivity contribution >= 4 is 706 Å². The van der Waals surface area contributed by atoms with Gasteiger partial charge in [-0.15, -0.1) is 384 Å². The molecule has 0 N–H and O–H groups in total. The molecule has 0 saturated heterocycles. The molecule has 0 aliphatic carbocycles. The normalized spacial score (nSPS) is 14.8. The Labute approximate surface area is 931 Å². The van der Waals surface area contributed by atoms with E-state index in [9.17, 15) is 24.0 Å². The quantitative estimate of drug-likeness (QED) is 0.0220. The van der Waals surface area contributed by atoms with Crippen molar-refractivity contribution in [3.63, 3.8) is 0 Å². The SMILES string of the molecule is Cc1ccc(Cc2ccc(C)cc2)cc1.Cc1ccccc1N1C(=O)c2ccc(C(=O)c3ccc4c(c3)C(=O)N(C)C4=O)cc2C1=O.PP(P)P(P)P(P(P(P)P)P(P)P)P(P(P(P)P)P(P)P)P(P(P(P(P(P)P)P(P)P)P(P(P)P)P(P)P)P(P(P(P)P)P(P)P)P(P(P)P)P(P)P)P(P(P(P(P)P)P(P)P)P(P(P)P)P(P)P)P(P(P(P)P)P(P)P)P(P(P)P)P(P)P. The molecule has 7 nitrogen and oxygen atoms in total. The van der Waals surface area contributed by atoms with Crippen LogP contribution in [0.2, 0.25) is 0 Å². The van der Waals surface area contributed by atoms with Crippen LogP contribution < -0.4 is 4.90 Å². The Kier molecular flexibility index (Phi) is 89.4. The molecule has 131 heavy (non-hydrogen) atoms. The molecule has 0 spiro atoms. The van der Waals surface area contributed by atoms with E-state index >= 15 is 0 Å². The van der Waals surface area contributed by atoms with Gasteiger partial charge >= 0.3 is 0 Å². The Morgan fingerprint density at radius 2 is 0.443 bits per heavy atom. The predicted octanol–water partition coefficient (Wildman–Crippen LogP) is 56.5. The summed E-state index contributed by atoms with van der Waals surface area (Å²) in [5.41, 5.74) is 7.90. The smallest absolute Gasteiger partial charge is 0.266 e. The van der Waals surface area contributed by atoms with Gasteiger partial charge in [-0.3, -0.25) is 28.9 Å². The zero-order chi connectivity index (χ0) is 100. The van der Waals surface area contributed by atoms with Crippen LogP contribution >= 0.6 is 670 Å². The molecule has 738 valence electrons. The lowest BCUT2D eigenvalue weighted by Crippen LogP contribution is -2.29. The molecule has 91 heteroatoms. The van der Waals surface area contributed by atoms with Gasteiger partial charge in [-0.05, 0) is 361 Å². The number of carbonyl (C=O) groups is 5. The molecule has 46 atom stereocenters. The maximum absolute atomic E-state index is 13.1. The molecule has 0 aromatic heterocycles. The van der Waals surface area contributed by atoms with Crippen molar-refractivity contribution in [1.82, 2.24) is 4.90 Å². The third kappa shape index (κ3) is 46.0. The maximum atomic E-state index is 13.1. The van der Waals surface area contributed by atoms with E-state index in [2.05, 4.69) is 446 Å². The van der Waals surface area contributed by atoms with Crippen LogP contribution in [-0.2, 0) is 6.42 Å². The molecular formula is C40H118N2O5P84. The van der Waals surface area contributed by atoms with Crippen LogP contribution in [0.4, 0.5) is 5.69 Å². The lowest BCUT2D eigenvalue weighted by atomic mass is 9.96. The minimum atomic E-state index is -0.507. The Morgan fingerprint density at radius 1 is 0.237 bits per heavy atom. The average molecular weight is 3310 g/mol. The van der Waals surface area contributed by atoms with Gasteiger partial charge in [0.2, 0.25) is 0 Å². The topological polar surface area (TPSA) is 91.8 Å². The predicted molar refractivity (Wildman–Crippen MR) is 881 cm³/mol. The highest BCUT2D eigenvalue weighted by molar-refractivity contribution is 9.58. The van der Waals surface area contributed by atoms with Crippen molar-refractivity contribution in [1.29, 1.82) is 0 Å². The van der Waals surface area contributed by atoms with Crippen LogP contribution in [0.3, 0.4) is 0 Å². The second-order valence-electron chi connectivity index (χ2n) is 25.3. The van der Waals surface area contributed by atoms with Crippen LogP contribution in [-0.4, -0.2) is 41.4 Å². The number of hydrogen-bond donors (Lipinski definition) is 0. The van der Waals surface area contributed by atoms with E-state index in [4.69, 9.17) is 0 Å². The lowest BCUT2D eigenvalue weighted by Gasteiger charge is -2.63. The van der Waals surface area contributed by atoms with E-state index in [1.165, 1.54) is 65.7 Å². The maximum Gasteiger partial charge on any atom is 0.266 e. The summed E-state index contributed by atoms with van der Waals surface area (Å²) >= 11 is 0. The highest BCUT2D eigenvalue weighted by Crippen LogP contribution is 3.53. The van der Waals surface area contributed by atoms with Gasteiger partial charge in [0.1, 0.15) is 0 Å². The average Bonchev–Trinajstić information content (AvgIpc) is 0.920. The molecule has 0 fully saturated rings. The van der Waals surface area contributed by atoms with Crippen molar-refractivity contribution in [2.75, 3.05) is 11.9 Å². The minimum absolute atomic E-state index is 0.149. The number of nitrogens with zero attached hydrogens (tertiary/aromatic N) is 2. The molecule has 46 unspecified atom stereocenters. The Bertz CT molecular complexity index is 4050. The van der Waals surface area contributed by atoms with Crippen LogP contribution in [0, 0.1) is 20.8 Å². The molecule has 2 aliphatic heterocycles. The van der Waals surface area contributed by atoms with Crippen molar-refractivity contribution in [3.8, 4) is 0 Å². The number of rotatable bonds is 45. The van der Waals surface area contributed by atoms with Crippen molar-refractivity contribution < 1.29 is 24.0 Å². The number of ketones is 1. The van der Waals surface area contributed by atoms with Gasteiger partial charge in [-0.25, -0.2) is 4.90 Å². The van der Waals surface area contributed by atoms with E-state index in [-0.39, 0.29) is 250 Å². The Balaban J connectivity index is 0.000000510. The summed E-state index contributed by atoms with van der Waals surface area (Å²) < 4.78 is 0. The summed E-state index contributed by atoms with van der Waals surface area (Å²) in [6.45, 7) is -9.16. The number of aryl methyl sites for hydroxylation is 3. The zero-order valence-electron chi connectivity index (χ0n) is 69.7. The molecule has 2 aliphatic rings. The van der Waals surface area contributed by atoms with Gasteiger partial charge in [0.15, 0.2) is 5.78 Å². The number of carbonyl (C=O) groups excluding carboxylic acids is 5. The number of para-hydroxylation sites is 1. The highest BCUT2D eigenvalue weighted by atomic mass is 33.6. The number of imide groups is 2. The molecule has 5 aromatic carbocycles. The fourth-order valence-electron chi connectivity index (χ4n) is 10.8. The fourth-order valence-corrected chi connectivity index (χ4v) is 1240. The van der Waals surface area contributed by atoms with Crippen molar-refractivity contribution in [3.05, 3.63) is 170 Å². The Morgan fingerprint density at radius 3 is 0.687 bits per heavy atom. The second-order valence-corrected chi connectivity index (χ2v) is 374. The third-order valence-corrected chi connectivity index (χ3v) is 610. The summed E-state index contributed by atoms with van der Waals surface area (Å²) in [4.78, 5) is 65.5. The summed E-state index contributed by atoms with van der Waals surface area (Å²) in [7, 11) is 161. The Hall–Kier alpha value is 30.2. The van der Waals surface area contributed by atoms with Crippen molar-refractivity contribution in [2.24, 2.45) is 0 Å². The fraction of sp³-hybridized carbons (Fsp3) is 0.125. The molecule has 0 bridgehead atoms. The van der Waals surface area contributed by atoms with Gasteiger partial charge in [0.05, 0.1) is 27.9 Å². The van der Waals surface area contributed by atoms with E-state index in [1.54, 1.807) is 12.1 Å². The number of amides is 4. The third-order valence-electron chi connectivity index (χ3n) is 15.9. The first kappa shape index (κ1) is 152. The number of anilines is 1. The zero-order valence-corrected chi connectivity index (χ0v) is 156.